The minimum Gasteiger partial charge on any atom is -0.469 e. The highest BCUT2D eigenvalue weighted by atomic mass is 16.5. The summed E-state index contributed by atoms with van der Waals surface area (Å²) >= 11 is 0. The molecule has 2 heterocycles. The topological polar surface area (TPSA) is 55.8 Å². The number of hydrogen-bond donors (Lipinski definition) is 0. The molecule has 5 heteroatoms. The van der Waals surface area contributed by atoms with E-state index in [1.165, 1.54) is 7.11 Å². The Hall–Kier alpha value is -1.10. The summed E-state index contributed by atoms with van der Waals surface area (Å²) in [5.74, 6) is -0.0811. The van der Waals surface area contributed by atoms with E-state index in [-0.39, 0.29) is 29.8 Å². The molecular weight excluding hydrogens is 222 g/mol. The molecule has 2 saturated heterocycles. The summed E-state index contributed by atoms with van der Waals surface area (Å²) in [4.78, 5) is 25.3. The molecule has 0 spiro atoms. The van der Waals surface area contributed by atoms with Crippen LogP contribution in [0.5, 0.6) is 0 Å². The molecule has 2 aliphatic rings. The number of carbonyl (C=O) groups is 2. The van der Waals surface area contributed by atoms with E-state index in [4.69, 9.17) is 9.47 Å². The quantitative estimate of drug-likeness (QED) is 0.658. The maximum atomic E-state index is 12.2. The SMILES string of the molecule is COC(=O)C1CCN(C(=O)C2OCCC2C)C1. The van der Waals surface area contributed by atoms with Gasteiger partial charge in [0.25, 0.3) is 5.91 Å². The van der Waals surface area contributed by atoms with Crippen molar-refractivity contribution >= 4 is 11.9 Å². The zero-order chi connectivity index (χ0) is 12.4. The lowest BCUT2D eigenvalue weighted by molar-refractivity contribution is -0.146. The van der Waals surface area contributed by atoms with Crippen molar-refractivity contribution in [2.75, 3.05) is 26.8 Å². The van der Waals surface area contributed by atoms with E-state index in [2.05, 4.69) is 0 Å². The third-order valence-electron chi connectivity index (χ3n) is 3.67. The van der Waals surface area contributed by atoms with Crippen molar-refractivity contribution in [2.24, 2.45) is 11.8 Å². The summed E-state index contributed by atoms with van der Waals surface area (Å²) in [5.41, 5.74) is 0. The largest absolute Gasteiger partial charge is 0.469 e. The first-order valence-electron chi connectivity index (χ1n) is 6.11. The van der Waals surface area contributed by atoms with Crippen LogP contribution in [0.25, 0.3) is 0 Å². The summed E-state index contributed by atoms with van der Waals surface area (Å²) < 4.78 is 10.2. The molecule has 0 bridgehead atoms. The molecule has 0 aliphatic carbocycles. The van der Waals surface area contributed by atoms with Gasteiger partial charge in [-0.2, -0.15) is 0 Å². The summed E-state index contributed by atoms with van der Waals surface area (Å²) in [6.07, 6.45) is 1.32. The van der Waals surface area contributed by atoms with Crippen LogP contribution in [0.15, 0.2) is 0 Å². The first kappa shape index (κ1) is 12.4. The molecule has 5 nitrogen and oxygen atoms in total. The normalized spacial score (nSPS) is 32.8. The van der Waals surface area contributed by atoms with E-state index >= 15 is 0 Å². The van der Waals surface area contributed by atoms with Gasteiger partial charge in [-0.25, -0.2) is 0 Å². The highest BCUT2D eigenvalue weighted by Gasteiger charge is 2.38. The van der Waals surface area contributed by atoms with Crippen molar-refractivity contribution in [3.8, 4) is 0 Å². The number of methoxy groups -OCH3 is 1. The first-order valence-corrected chi connectivity index (χ1v) is 6.11. The number of rotatable bonds is 2. The van der Waals surface area contributed by atoms with E-state index in [1.54, 1.807) is 4.90 Å². The number of esters is 1. The molecule has 0 N–H and O–H groups in total. The molecule has 1 amide bonds. The van der Waals surface area contributed by atoms with E-state index in [0.29, 0.717) is 26.1 Å². The minimum absolute atomic E-state index is 0.0291. The summed E-state index contributed by atoms with van der Waals surface area (Å²) in [6.45, 7) is 3.79. The second kappa shape index (κ2) is 5.04. The van der Waals surface area contributed by atoms with Crippen LogP contribution in [0.4, 0.5) is 0 Å². The van der Waals surface area contributed by atoms with Crippen molar-refractivity contribution in [2.45, 2.75) is 25.9 Å². The van der Waals surface area contributed by atoms with Gasteiger partial charge in [0.2, 0.25) is 0 Å². The number of carbonyl (C=O) groups excluding carboxylic acids is 2. The van der Waals surface area contributed by atoms with Gasteiger partial charge in [0, 0.05) is 19.7 Å². The van der Waals surface area contributed by atoms with Crippen molar-refractivity contribution in [3.63, 3.8) is 0 Å². The standard InChI is InChI=1S/C12H19NO4/c1-8-4-6-17-10(8)11(14)13-5-3-9(7-13)12(15)16-2/h8-10H,3-7H2,1-2H3. The zero-order valence-electron chi connectivity index (χ0n) is 10.3. The van der Waals surface area contributed by atoms with Gasteiger partial charge in [-0.3, -0.25) is 9.59 Å². The lowest BCUT2D eigenvalue weighted by Crippen LogP contribution is -2.40. The molecule has 17 heavy (non-hydrogen) atoms. The third kappa shape index (κ3) is 2.44. The fourth-order valence-corrected chi connectivity index (χ4v) is 2.51. The highest BCUT2D eigenvalue weighted by molar-refractivity contribution is 5.83. The molecule has 2 aliphatic heterocycles. The summed E-state index contributed by atoms with van der Waals surface area (Å²) in [6, 6.07) is 0. The van der Waals surface area contributed by atoms with Gasteiger partial charge in [-0.1, -0.05) is 6.92 Å². The molecule has 2 fully saturated rings. The average Bonchev–Trinajstić information content (AvgIpc) is 2.95. The Kier molecular flexibility index (Phi) is 3.66. The molecule has 2 rings (SSSR count). The first-order chi connectivity index (χ1) is 8.13. The highest BCUT2D eigenvalue weighted by Crippen LogP contribution is 2.25. The number of nitrogens with zero attached hydrogens (tertiary/aromatic N) is 1. The van der Waals surface area contributed by atoms with Gasteiger partial charge in [0.15, 0.2) is 0 Å². The predicted molar refractivity (Wildman–Crippen MR) is 60.2 cm³/mol. The molecule has 3 atom stereocenters. The molecule has 0 aromatic rings. The third-order valence-corrected chi connectivity index (χ3v) is 3.67. The predicted octanol–water partition coefficient (Wildman–Crippen LogP) is 0.433. The summed E-state index contributed by atoms with van der Waals surface area (Å²) in [5, 5.41) is 0. The minimum atomic E-state index is -0.314. The monoisotopic (exact) mass is 241 g/mol. The van der Waals surface area contributed by atoms with E-state index in [1.807, 2.05) is 6.92 Å². The van der Waals surface area contributed by atoms with Crippen LogP contribution in [-0.2, 0) is 19.1 Å². The molecular formula is C12H19NO4. The Morgan fingerprint density at radius 1 is 1.35 bits per heavy atom. The lowest BCUT2D eigenvalue weighted by Gasteiger charge is -2.22. The van der Waals surface area contributed by atoms with Gasteiger partial charge in [0.1, 0.15) is 6.10 Å². The zero-order valence-corrected chi connectivity index (χ0v) is 10.3. The summed E-state index contributed by atoms with van der Waals surface area (Å²) in [7, 11) is 1.38. The number of amides is 1. The molecule has 0 aromatic carbocycles. The maximum absolute atomic E-state index is 12.2. The van der Waals surface area contributed by atoms with Gasteiger partial charge < -0.3 is 14.4 Å². The van der Waals surface area contributed by atoms with Crippen molar-refractivity contribution in [1.29, 1.82) is 0 Å². The average molecular weight is 241 g/mol. The second-order valence-electron chi connectivity index (χ2n) is 4.85. The maximum Gasteiger partial charge on any atom is 0.310 e. The van der Waals surface area contributed by atoms with Crippen LogP contribution in [0.3, 0.4) is 0 Å². The fourth-order valence-electron chi connectivity index (χ4n) is 2.51. The van der Waals surface area contributed by atoms with Crippen LogP contribution >= 0.6 is 0 Å². The van der Waals surface area contributed by atoms with Gasteiger partial charge in [-0.05, 0) is 18.8 Å². The van der Waals surface area contributed by atoms with E-state index < -0.39 is 0 Å². The Bertz CT molecular complexity index is 318. The fraction of sp³-hybridized carbons (Fsp3) is 0.833. The van der Waals surface area contributed by atoms with Crippen LogP contribution in [0.1, 0.15) is 19.8 Å². The van der Waals surface area contributed by atoms with Gasteiger partial charge in [0.05, 0.1) is 13.0 Å². The molecule has 0 radical (unpaired) electrons. The van der Waals surface area contributed by atoms with Crippen LogP contribution in [-0.4, -0.2) is 49.7 Å². The number of likely N-dealkylation sites (tertiary alicyclic amines) is 1. The lowest BCUT2D eigenvalue weighted by atomic mass is 10.0. The van der Waals surface area contributed by atoms with E-state index in [9.17, 15) is 9.59 Å². The Morgan fingerprint density at radius 3 is 2.71 bits per heavy atom. The Balaban J connectivity index is 1.92. The molecule has 0 aromatic heterocycles. The van der Waals surface area contributed by atoms with Gasteiger partial charge in [-0.15, -0.1) is 0 Å². The molecule has 3 unspecified atom stereocenters. The Labute approximate surface area is 101 Å². The van der Waals surface area contributed by atoms with Crippen molar-refractivity contribution in [3.05, 3.63) is 0 Å². The number of ether oxygens (including phenoxy) is 2. The van der Waals surface area contributed by atoms with Crippen molar-refractivity contribution < 1.29 is 19.1 Å². The van der Waals surface area contributed by atoms with E-state index in [0.717, 1.165) is 6.42 Å². The van der Waals surface area contributed by atoms with Crippen molar-refractivity contribution in [1.82, 2.24) is 4.90 Å². The molecule has 96 valence electrons. The van der Waals surface area contributed by atoms with Crippen LogP contribution in [0, 0.1) is 11.8 Å². The van der Waals surface area contributed by atoms with Gasteiger partial charge >= 0.3 is 5.97 Å². The smallest absolute Gasteiger partial charge is 0.310 e. The number of hydrogen-bond acceptors (Lipinski definition) is 4. The Morgan fingerprint density at radius 2 is 2.12 bits per heavy atom. The second-order valence-corrected chi connectivity index (χ2v) is 4.85. The van der Waals surface area contributed by atoms with Crippen LogP contribution < -0.4 is 0 Å². The molecule has 0 saturated carbocycles. The van der Waals surface area contributed by atoms with Crippen LogP contribution in [0.2, 0.25) is 0 Å².